The van der Waals surface area contributed by atoms with Crippen molar-refractivity contribution in [1.82, 2.24) is 0 Å². The van der Waals surface area contributed by atoms with E-state index in [1.807, 2.05) is 78.0 Å². The second-order valence-electron chi connectivity index (χ2n) is 5.99. The molecule has 0 aliphatic rings. The number of ether oxygens (including phenoxy) is 1. The van der Waals surface area contributed by atoms with E-state index >= 15 is 0 Å². The van der Waals surface area contributed by atoms with E-state index in [1.54, 1.807) is 0 Å². The lowest BCUT2D eigenvalue weighted by Gasteiger charge is -2.11. The van der Waals surface area contributed by atoms with Crippen molar-refractivity contribution in [2.24, 2.45) is 0 Å². The molecule has 2 aromatic rings. The summed E-state index contributed by atoms with van der Waals surface area (Å²) in [5, 5.41) is 0. The summed E-state index contributed by atoms with van der Waals surface area (Å²) < 4.78 is 5.71. The first-order valence-corrected chi connectivity index (χ1v) is 11.1. The van der Waals surface area contributed by atoms with Gasteiger partial charge in [0.05, 0.1) is 0 Å². The molecule has 1 heteroatoms. The van der Waals surface area contributed by atoms with Gasteiger partial charge in [-0.2, -0.15) is 0 Å². The van der Waals surface area contributed by atoms with Gasteiger partial charge in [0.15, 0.2) is 0 Å². The van der Waals surface area contributed by atoms with Crippen molar-refractivity contribution in [1.29, 1.82) is 0 Å². The van der Waals surface area contributed by atoms with Crippen molar-refractivity contribution in [2.45, 2.75) is 68.7 Å². The Balaban J connectivity index is -0.000000466. The number of allylic oxidation sites excluding steroid dienone is 4. The summed E-state index contributed by atoms with van der Waals surface area (Å²) in [5.74, 6) is 1.53. The molecule has 0 atom stereocenters. The van der Waals surface area contributed by atoms with E-state index < -0.39 is 0 Å². The third kappa shape index (κ3) is 16.5. The average Bonchev–Trinajstić information content (AvgIpc) is 2.85. The van der Waals surface area contributed by atoms with Crippen LogP contribution < -0.4 is 4.74 Å². The predicted octanol–water partition coefficient (Wildman–Crippen LogP) is 9.35. The molecular formula is C30H44O. The smallest absolute Gasteiger partial charge is 0.127 e. The maximum atomic E-state index is 5.71. The molecular weight excluding hydrogens is 376 g/mol. The molecule has 0 radical (unpaired) electrons. The van der Waals surface area contributed by atoms with Gasteiger partial charge in [-0.1, -0.05) is 101 Å². The lowest BCUT2D eigenvalue weighted by molar-refractivity contribution is 0.438. The van der Waals surface area contributed by atoms with Crippen LogP contribution in [-0.4, -0.2) is 0 Å². The minimum absolute atomic E-state index is 0.699. The van der Waals surface area contributed by atoms with Crippen molar-refractivity contribution in [2.75, 3.05) is 0 Å². The normalized spacial score (nSPS) is 9.65. The van der Waals surface area contributed by atoms with Gasteiger partial charge in [0, 0.05) is 0 Å². The molecule has 31 heavy (non-hydrogen) atoms. The van der Waals surface area contributed by atoms with Crippen LogP contribution in [0.1, 0.15) is 66.5 Å². The molecule has 2 aromatic carbocycles. The number of terminal acetylenes is 1. The first-order valence-electron chi connectivity index (χ1n) is 11.1. The summed E-state index contributed by atoms with van der Waals surface area (Å²) in [6.07, 6.45) is 13.2. The molecule has 2 rings (SSSR count). The first kappa shape index (κ1) is 32.7. The summed E-state index contributed by atoms with van der Waals surface area (Å²) >= 11 is 0. The second kappa shape index (κ2) is 23.3. The van der Waals surface area contributed by atoms with Gasteiger partial charge in [0.25, 0.3) is 0 Å². The summed E-state index contributed by atoms with van der Waals surface area (Å²) in [5.41, 5.74) is 4.88. The summed E-state index contributed by atoms with van der Waals surface area (Å²) in [4.78, 5) is 0. The average molecular weight is 421 g/mol. The monoisotopic (exact) mass is 420 g/mol. The van der Waals surface area contributed by atoms with Crippen molar-refractivity contribution in [3.8, 4) is 18.6 Å². The van der Waals surface area contributed by atoms with E-state index in [2.05, 4.69) is 70.5 Å². The van der Waals surface area contributed by atoms with E-state index in [1.165, 1.54) is 16.7 Å². The lowest BCUT2D eigenvalue weighted by Crippen LogP contribution is -1.97. The van der Waals surface area contributed by atoms with Gasteiger partial charge in [-0.05, 0) is 63.0 Å². The standard InChI is InChI=1S/C16H20O.C8H10.2C2H6.C2H2/c1-6-7-13(3)14(4)15(5)17-16-10-8-12(2)9-11-16;1-2-8-6-4-3-5-7-8;3*1-2/h6-11H,5H2,1-4H3;3-7H,2H2,1H3;2*1-2H3;1-2H/b7-6-,14-13+;;;;. The van der Waals surface area contributed by atoms with E-state index in [-0.39, 0.29) is 0 Å². The fourth-order valence-electron chi connectivity index (χ4n) is 2.13. The molecule has 0 amide bonds. The minimum atomic E-state index is 0.699. The fraction of sp³-hybridized carbons (Fsp3) is 0.333. The van der Waals surface area contributed by atoms with Crippen LogP contribution in [0.2, 0.25) is 0 Å². The molecule has 0 saturated carbocycles. The van der Waals surface area contributed by atoms with E-state index in [9.17, 15) is 0 Å². The highest BCUT2D eigenvalue weighted by Gasteiger charge is 2.02. The summed E-state index contributed by atoms with van der Waals surface area (Å²) in [6, 6.07) is 18.4. The zero-order chi connectivity index (χ0) is 24.7. The number of hydrogen-bond acceptors (Lipinski definition) is 1. The Hall–Kier alpha value is -2.98. The molecule has 0 unspecified atom stereocenters. The Bertz CT molecular complexity index is 744. The third-order valence-corrected chi connectivity index (χ3v) is 3.94. The summed E-state index contributed by atoms with van der Waals surface area (Å²) in [6.45, 7) is 22.3. The van der Waals surface area contributed by atoms with Crippen LogP contribution in [0.25, 0.3) is 0 Å². The maximum absolute atomic E-state index is 5.71. The zero-order valence-electron chi connectivity index (χ0n) is 21.3. The minimum Gasteiger partial charge on any atom is -0.458 e. The van der Waals surface area contributed by atoms with E-state index in [0.29, 0.717) is 5.76 Å². The van der Waals surface area contributed by atoms with Crippen LogP contribution in [0.5, 0.6) is 5.75 Å². The number of rotatable bonds is 5. The number of hydrogen-bond donors (Lipinski definition) is 0. The Morgan fingerprint density at radius 2 is 1.39 bits per heavy atom. The Labute approximate surface area is 193 Å². The van der Waals surface area contributed by atoms with Crippen molar-refractivity contribution < 1.29 is 4.74 Å². The highest BCUT2D eigenvalue weighted by atomic mass is 16.5. The third-order valence-electron chi connectivity index (χ3n) is 3.94. The van der Waals surface area contributed by atoms with Crippen molar-refractivity contribution in [3.05, 3.63) is 101 Å². The van der Waals surface area contributed by atoms with Crippen molar-refractivity contribution in [3.63, 3.8) is 0 Å². The molecule has 0 aromatic heterocycles. The van der Waals surface area contributed by atoms with Gasteiger partial charge >= 0.3 is 0 Å². The highest BCUT2D eigenvalue weighted by Crippen LogP contribution is 2.20. The van der Waals surface area contributed by atoms with Gasteiger partial charge in [-0.3, -0.25) is 0 Å². The SMILES string of the molecule is C#C.C=C(Oc1ccc(C)cc1)/C(C)=C(C)/C=C\C.CC.CC.CCc1ccccc1. The molecule has 0 saturated heterocycles. The second-order valence-corrected chi connectivity index (χ2v) is 5.99. The maximum Gasteiger partial charge on any atom is 0.127 e. The fourth-order valence-corrected chi connectivity index (χ4v) is 2.13. The van der Waals surface area contributed by atoms with Crippen LogP contribution >= 0.6 is 0 Å². The zero-order valence-corrected chi connectivity index (χ0v) is 21.3. The van der Waals surface area contributed by atoms with Crippen molar-refractivity contribution >= 4 is 0 Å². The molecule has 0 heterocycles. The molecule has 0 spiro atoms. The van der Waals surface area contributed by atoms with Gasteiger partial charge < -0.3 is 4.74 Å². The van der Waals surface area contributed by atoms with Gasteiger partial charge in [0.2, 0.25) is 0 Å². The quantitative estimate of drug-likeness (QED) is 0.266. The molecule has 0 aliphatic heterocycles. The Morgan fingerprint density at radius 3 is 1.77 bits per heavy atom. The van der Waals surface area contributed by atoms with Gasteiger partial charge in [-0.15, -0.1) is 12.8 Å². The van der Waals surface area contributed by atoms with Crippen LogP contribution in [-0.2, 0) is 6.42 Å². The van der Waals surface area contributed by atoms with Crippen LogP contribution in [0.4, 0.5) is 0 Å². The molecule has 0 fully saturated rings. The largest absolute Gasteiger partial charge is 0.458 e. The van der Waals surface area contributed by atoms with Crippen LogP contribution in [0.3, 0.4) is 0 Å². The molecule has 0 aliphatic carbocycles. The predicted molar refractivity (Wildman–Crippen MR) is 143 cm³/mol. The number of benzene rings is 2. The lowest BCUT2D eigenvalue weighted by atomic mass is 10.1. The first-order chi connectivity index (χ1) is 15.0. The molecule has 1 nitrogen and oxygen atoms in total. The highest BCUT2D eigenvalue weighted by molar-refractivity contribution is 5.36. The topological polar surface area (TPSA) is 9.23 Å². The molecule has 0 bridgehead atoms. The van der Waals surface area contributed by atoms with Crippen LogP contribution in [0, 0.1) is 19.8 Å². The van der Waals surface area contributed by atoms with E-state index in [4.69, 9.17) is 4.74 Å². The number of aryl methyl sites for hydroxylation is 2. The molecule has 0 N–H and O–H groups in total. The van der Waals surface area contributed by atoms with Gasteiger partial charge in [0.1, 0.15) is 11.5 Å². The Kier molecular flexibility index (Phi) is 24.6. The summed E-state index contributed by atoms with van der Waals surface area (Å²) in [7, 11) is 0. The molecule has 170 valence electrons. The van der Waals surface area contributed by atoms with Crippen LogP contribution in [0.15, 0.2) is 90.2 Å². The van der Waals surface area contributed by atoms with E-state index in [0.717, 1.165) is 17.7 Å². The van der Waals surface area contributed by atoms with Gasteiger partial charge in [-0.25, -0.2) is 0 Å². The Morgan fingerprint density at radius 1 is 0.903 bits per heavy atom.